The molecule has 3 heteroatoms. The van der Waals surface area contributed by atoms with E-state index in [1.165, 1.54) is 22.5 Å². The van der Waals surface area contributed by atoms with Crippen LogP contribution in [0.3, 0.4) is 0 Å². The van der Waals surface area contributed by atoms with E-state index in [4.69, 9.17) is 0 Å². The molecule has 0 unspecified atom stereocenters. The molecule has 2 nitrogen and oxygen atoms in total. The van der Waals surface area contributed by atoms with Gasteiger partial charge in [-0.1, -0.05) is 24.3 Å². The van der Waals surface area contributed by atoms with Gasteiger partial charge in [0.1, 0.15) is 0 Å². The number of fused-ring (bicyclic) bond motifs is 1. The fraction of sp³-hybridized carbons (Fsp3) is 0.400. The highest BCUT2D eigenvalue weighted by Gasteiger charge is 2.19. The molecule has 0 spiro atoms. The maximum absolute atomic E-state index is 4.62. The van der Waals surface area contributed by atoms with E-state index in [1.807, 2.05) is 6.07 Å². The smallest absolute Gasteiger partial charge is 0.0976 e. The van der Waals surface area contributed by atoms with Crippen LogP contribution in [0.1, 0.15) is 24.3 Å². The number of allylic oxidation sites excluding steroid dienone is 1. The lowest BCUT2D eigenvalue weighted by molar-refractivity contribution is 0.690. The highest BCUT2D eigenvalue weighted by molar-refractivity contribution is 7.18. The maximum atomic E-state index is 4.62. The van der Waals surface area contributed by atoms with Crippen molar-refractivity contribution < 1.29 is 0 Å². The molecule has 1 heterocycles. The quantitative estimate of drug-likeness (QED) is 0.633. The predicted molar refractivity (Wildman–Crippen MR) is 78.1 cm³/mol. The minimum absolute atomic E-state index is 0.822. The number of nitrogens with one attached hydrogen (secondary N) is 1. The maximum Gasteiger partial charge on any atom is 0.0976 e. The third-order valence-corrected chi connectivity index (χ3v) is 4.18. The number of hydrogen-bond donors (Lipinski definition) is 1. The van der Waals surface area contributed by atoms with Gasteiger partial charge in [0.25, 0.3) is 0 Å². The van der Waals surface area contributed by atoms with Crippen molar-refractivity contribution in [3.8, 4) is 0 Å². The average Bonchev–Trinajstić information content (AvgIpc) is 3.11. The monoisotopic (exact) mass is 258 g/mol. The van der Waals surface area contributed by atoms with Gasteiger partial charge in [-0.25, -0.2) is 4.98 Å². The van der Waals surface area contributed by atoms with Crippen LogP contribution in [0, 0.1) is 0 Å². The number of para-hydroxylation sites is 1. The van der Waals surface area contributed by atoms with E-state index in [2.05, 4.69) is 40.7 Å². The molecule has 0 amide bonds. The molecule has 1 saturated carbocycles. The van der Waals surface area contributed by atoms with Crippen molar-refractivity contribution in [2.24, 2.45) is 0 Å². The van der Waals surface area contributed by atoms with E-state index in [0.29, 0.717) is 0 Å². The fourth-order valence-corrected chi connectivity index (χ4v) is 2.91. The van der Waals surface area contributed by atoms with Gasteiger partial charge in [0.2, 0.25) is 0 Å². The lowest BCUT2D eigenvalue weighted by atomic mass is 10.3. The Morgan fingerprint density at radius 2 is 2.17 bits per heavy atom. The van der Waals surface area contributed by atoms with Gasteiger partial charge < -0.3 is 5.32 Å². The van der Waals surface area contributed by atoms with E-state index in [-0.39, 0.29) is 0 Å². The van der Waals surface area contributed by atoms with Crippen LogP contribution in [0.4, 0.5) is 0 Å². The van der Waals surface area contributed by atoms with Gasteiger partial charge in [0.05, 0.1) is 15.2 Å². The number of hydrogen-bond acceptors (Lipinski definition) is 3. The summed E-state index contributed by atoms with van der Waals surface area (Å²) in [5.74, 6) is 0. The molecular weight excluding hydrogens is 240 g/mol. The van der Waals surface area contributed by atoms with Gasteiger partial charge in [0.15, 0.2) is 0 Å². The SMILES string of the molecule is C(=CCc1nc2ccccc2s1)CCNC1CC1. The Balaban J connectivity index is 1.47. The molecule has 0 radical (unpaired) electrons. The number of rotatable bonds is 6. The fourth-order valence-electron chi connectivity index (χ4n) is 1.97. The van der Waals surface area contributed by atoms with Crippen molar-refractivity contribution in [3.05, 3.63) is 41.4 Å². The van der Waals surface area contributed by atoms with E-state index in [9.17, 15) is 0 Å². The van der Waals surface area contributed by atoms with Gasteiger partial charge in [-0.3, -0.25) is 0 Å². The molecule has 0 aliphatic heterocycles. The first-order chi connectivity index (χ1) is 8.92. The Bertz CT molecular complexity index is 507. The van der Waals surface area contributed by atoms with Crippen molar-refractivity contribution in [1.29, 1.82) is 0 Å². The van der Waals surface area contributed by atoms with Gasteiger partial charge in [0, 0.05) is 12.5 Å². The van der Waals surface area contributed by atoms with Crippen molar-refractivity contribution in [1.82, 2.24) is 10.3 Å². The molecule has 1 aromatic carbocycles. The van der Waals surface area contributed by atoms with E-state index >= 15 is 0 Å². The van der Waals surface area contributed by atoms with Crippen LogP contribution in [-0.4, -0.2) is 17.6 Å². The van der Waals surface area contributed by atoms with Gasteiger partial charge >= 0.3 is 0 Å². The highest BCUT2D eigenvalue weighted by Crippen LogP contribution is 2.22. The summed E-state index contributed by atoms with van der Waals surface area (Å²) in [6.45, 7) is 1.11. The zero-order valence-corrected chi connectivity index (χ0v) is 11.2. The third kappa shape index (κ3) is 3.18. The second-order valence-corrected chi connectivity index (χ2v) is 5.88. The van der Waals surface area contributed by atoms with Crippen LogP contribution >= 0.6 is 11.3 Å². The van der Waals surface area contributed by atoms with E-state index in [1.54, 1.807) is 11.3 Å². The molecule has 1 aliphatic rings. The van der Waals surface area contributed by atoms with Crippen LogP contribution in [0.2, 0.25) is 0 Å². The molecule has 94 valence electrons. The molecule has 3 rings (SSSR count). The molecule has 1 fully saturated rings. The second kappa shape index (κ2) is 5.63. The topological polar surface area (TPSA) is 24.9 Å². The van der Waals surface area contributed by atoms with Crippen LogP contribution in [0.5, 0.6) is 0 Å². The summed E-state index contributed by atoms with van der Waals surface area (Å²) in [5.41, 5.74) is 1.13. The summed E-state index contributed by atoms with van der Waals surface area (Å²) in [4.78, 5) is 4.62. The van der Waals surface area contributed by atoms with Crippen LogP contribution in [-0.2, 0) is 6.42 Å². The van der Waals surface area contributed by atoms with Crippen LogP contribution in [0.15, 0.2) is 36.4 Å². The lowest BCUT2D eigenvalue weighted by Crippen LogP contribution is -2.16. The first-order valence-electron chi connectivity index (χ1n) is 6.64. The summed E-state index contributed by atoms with van der Waals surface area (Å²) < 4.78 is 1.29. The normalized spacial score (nSPS) is 15.8. The molecule has 0 saturated heterocycles. The summed E-state index contributed by atoms with van der Waals surface area (Å²) >= 11 is 1.80. The molecule has 18 heavy (non-hydrogen) atoms. The van der Waals surface area contributed by atoms with Crippen molar-refractivity contribution in [2.75, 3.05) is 6.54 Å². The van der Waals surface area contributed by atoms with E-state index in [0.717, 1.165) is 30.9 Å². The number of benzene rings is 1. The number of thiazole rings is 1. The summed E-state index contributed by atoms with van der Waals surface area (Å²) in [5, 5.41) is 4.72. The summed E-state index contributed by atoms with van der Waals surface area (Å²) in [6.07, 6.45) is 9.34. The van der Waals surface area contributed by atoms with Crippen molar-refractivity contribution in [3.63, 3.8) is 0 Å². The largest absolute Gasteiger partial charge is 0.314 e. The zero-order chi connectivity index (χ0) is 12.2. The molecule has 1 aromatic heterocycles. The first-order valence-corrected chi connectivity index (χ1v) is 7.46. The second-order valence-electron chi connectivity index (χ2n) is 4.77. The molecule has 0 atom stereocenters. The Labute approximate surface area is 112 Å². The van der Waals surface area contributed by atoms with Crippen molar-refractivity contribution >= 4 is 21.6 Å². The van der Waals surface area contributed by atoms with Gasteiger partial charge in [-0.05, 0) is 37.9 Å². The molecule has 1 N–H and O–H groups in total. The van der Waals surface area contributed by atoms with E-state index < -0.39 is 0 Å². The lowest BCUT2D eigenvalue weighted by Gasteiger charge is -1.96. The molecule has 2 aromatic rings. The Hall–Kier alpha value is -1.19. The van der Waals surface area contributed by atoms with Gasteiger partial charge in [-0.15, -0.1) is 11.3 Å². The standard InChI is InChI=1S/C15H18N2S/c1(5-11-16-12-9-10-12)2-8-15-17-13-6-3-4-7-14(13)18-15/h1-4,6-7,12,16H,5,8-11H2. The third-order valence-electron chi connectivity index (χ3n) is 3.12. The predicted octanol–water partition coefficient (Wildman–Crippen LogP) is 3.54. The minimum Gasteiger partial charge on any atom is -0.314 e. The highest BCUT2D eigenvalue weighted by atomic mass is 32.1. The Kier molecular flexibility index (Phi) is 3.72. The zero-order valence-electron chi connectivity index (χ0n) is 10.4. The number of nitrogens with zero attached hydrogens (tertiary/aromatic N) is 1. The first kappa shape index (κ1) is 11.9. The van der Waals surface area contributed by atoms with Crippen molar-refractivity contribution in [2.45, 2.75) is 31.7 Å². The molecule has 1 aliphatic carbocycles. The van der Waals surface area contributed by atoms with Crippen LogP contribution in [0.25, 0.3) is 10.2 Å². The Morgan fingerprint density at radius 1 is 1.28 bits per heavy atom. The molecular formula is C15H18N2S. The minimum atomic E-state index is 0.822. The average molecular weight is 258 g/mol. The summed E-state index contributed by atoms with van der Waals surface area (Å²) in [7, 11) is 0. The molecule has 0 bridgehead atoms. The van der Waals surface area contributed by atoms with Crippen LogP contribution < -0.4 is 5.32 Å². The number of aromatic nitrogens is 1. The summed E-state index contributed by atoms with van der Waals surface area (Å²) in [6, 6.07) is 9.16. The van der Waals surface area contributed by atoms with Gasteiger partial charge in [-0.2, -0.15) is 0 Å². The Morgan fingerprint density at radius 3 is 3.00 bits per heavy atom.